The van der Waals surface area contributed by atoms with E-state index in [-0.39, 0.29) is 11.8 Å². The molecule has 4 heteroatoms. The second-order valence-electron chi connectivity index (χ2n) is 6.25. The van der Waals surface area contributed by atoms with Gasteiger partial charge >= 0.3 is 0 Å². The molecule has 1 aliphatic rings. The van der Waals surface area contributed by atoms with E-state index in [2.05, 4.69) is 34.5 Å². The molecule has 0 aromatic heterocycles. The van der Waals surface area contributed by atoms with Gasteiger partial charge in [-0.2, -0.15) is 0 Å². The SMILES string of the molecule is COc1ccccc1NC(=O)[C@H]1CCCN(Cc2ccccc2)C1. The Bertz CT molecular complexity index is 672. The molecule has 0 aliphatic carbocycles. The molecule has 1 atom stereocenters. The van der Waals surface area contributed by atoms with Crippen LogP contribution in [0.5, 0.6) is 5.75 Å². The highest BCUT2D eigenvalue weighted by molar-refractivity contribution is 5.94. The van der Waals surface area contributed by atoms with Crippen molar-refractivity contribution in [3.05, 3.63) is 60.2 Å². The summed E-state index contributed by atoms with van der Waals surface area (Å²) in [5.41, 5.74) is 2.04. The van der Waals surface area contributed by atoms with Gasteiger partial charge in [-0.15, -0.1) is 0 Å². The number of para-hydroxylation sites is 2. The van der Waals surface area contributed by atoms with Crippen LogP contribution in [0, 0.1) is 5.92 Å². The minimum atomic E-state index is 0.0207. The second-order valence-corrected chi connectivity index (χ2v) is 6.25. The summed E-state index contributed by atoms with van der Waals surface area (Å²) in [4.78, 5) is 15.0. The van der Waals surface area contributed by atoms with Crippen LogP contribution in [0.15, 0.2) is 54.6 Å². The highest BCUT2D eigenvalue weighted by Crippen LogP contribution is 2.25. The van der Waals surface area contributed by atoms with Crippen LogP contribution < -0.4 is 10.1 Å². The first kappa shape index (κ1) is 16.5. The standard InChI is InChI=1S/C20H24N2O2/c1-24-19-12-6-5-11-18(19)21-20(23)17-10-7-13-22(15-17)14-16-8-3-2-4-9-16/h2-6,8-9,11-12,17H,7,10,13-15H2,1H3,(H,21,23)/t17-/m0/s1. The van der Waals surface area contributed by atoms with Gasteiger partial charge < -0.3 is 10.1 Å². The molecule has 2 aromatic rings. The number of amides is 1. The van der Waals surface area contributed by atoms with E-state index in [1.165, 1.54) is 5.56 Å². The fourth-order valence-corrected chi connectivity index (χ4v) is 3.24. The Balaban J connectivity index is 1.60. The average molecular weight is 324 g/mol. The molecule has 1 aliphatic heterocycles. The number of ether oxygens (including phenoxy) is 1. The Labute approximate surface area is 143 Å². The predicted octanol–water partition coefficient (Wildman–Crippen LogP) is 3.55. The van der Waals surface area contributed by atoms with E-state index < -0.39 is 0 Å². The molecule has 1 heterocycles. The summed E-state index contributed by atoms with van der Waals surface area (Å²) in [6.07, 6.45) is 1.99. The Morgan fingerprint density at radius 2 is 1.92 bits per heavy atom. The smallest absolute Gasteiger partial charge is 0.228 e. The first-order valence-corrected chi connectivity index (χ1v) is 8.46. The average Bonchev–Trinajstić information content (AvgIpc) is 2.63. The summed E-state index contributed by atoms with van der Waals surface area (Å²) < 4.78 is 5.31. The molecule has 1 fully saturated rings. The number of anilines is 1. The quantitative estimate of drug-likeness (QED) is 0.914. The van der Waals surface area contributed by atoms with Crippen molar-refractivity contribution in [2.75, 3.05) is 25.5 Å². The third-order valence-electron chi connectivity index (χ3n) is 4.49. The van der Waals surface area contributed by atoms with Crippen molar-refractivity contribution in [2.24, 2.45) is 5.92 Å². The van der Waals surface area contributed by atoms with Gasteiger partial charge in [0.15, 0.2) is 0 Å². The van der Waals surface area contributed by atoms with Crippen LogP contribution >= 0.6 is 0 Å². The lowest BCUT2D eigenvalue weighted by Crippen LogP contribution is -2.40. The van der Waals surface area contributed by atoms with E-state index in [4.69, 9.17) is 4.74 Å². The highest BCUT2D eigenvalue weighted by Gasteiger charge is 2.26. The molecule has 0 saturated carbocycles. The molecular formula is C20H24N2O2. The maximum atomic E-state index is 12.6. The number of likely N-dealkylation sites (tertiary alicyclic amines) is 1. The predicted molar refractivity (Wildman–Crippen MR) is 96.1 cm³/mol. The molecule has 24 heavy (non-hydrogen) atoms. The first-order chi connectivity index (χ1) is 11.8. The number of hydrogen-bond acceptors (Lipinski definition) is 3. The maximum absolute atomic E-state index is 12.6. The summed E-state index contributed by atoms with van der Waals surface area (Å²) in [6.45, 7) is 2.75. The minimum absolute atomic E-state index is 0.0207. The molecule has 0 radical (unpaired) electrons. The lowest BCUT2D eigenvalue weighted by Gasteiger charge is -2.32. The van der Waals surface area contributed by atoms with E-state index >= 15 is 0 Å². The molecular weight excluding hydrogens is 300 g/mol. The van der Waals surface area contributed by atoms with E-state index in [0.29, 0.717) is 5.75 Å². The van der Waals surface area contributed by atoms with Crippen LogP contribution in [0.2, 0.25) is 0 Å². The molecule has 1 N–H and O–H groups in total. The Kier molecular flexibility index (Phi) is 5.49. The second kappa shape index (κ2) is 7.97. The minimum Gasteiger partial charge on any atom is -0.495 e. The number of benzene rings is 2. The molecule has 0 bridgehead atoms. The van der Waals surface area contributed by atoms with Crippen molar-refractivity contribution in [1.29, 1.82) is 0 Å². The van der Waals surface area contributed by atoms with Crippen LogP contribution in [0.4, 0.5) is 5.69 Å². The Morgan fingerprint density at radius 1 is 1.17 bits per heavy atom. The molecule has 0 unspecified atom stereocenters. The van der Waals surface area contributed by atoms with E-state index in [9.17, 15) is 4.79 Å². The third-order valence-corrected chi connectivity index (χ3v) is 4.49. The monoisotopic (exact) mass is 324 g/mol. The number of hydrogen-bond donors (Lipinski definition) is 1. The third kappa shape index (κ3) is 4.15. The van der Waals surface area contributed by atoms with Crippen LogP contribution in [0.25, 0.3) is 0 Å². The van der Waals surface area contributed by atoms with Crippen molar-refractivity contribution in [3.8, 4) is 5.75 Å². The van der Waals surface area contributed by atoms with E-state index in [1.54, 1.807) is 7.11 Å². The summed E-state index contributed by atoms with van der Waals surface area (Å²) in [6, 6.07) is 18.0. The molecule has 1 saturated heterocycles. The number of nitrogens with zero attached hydrogens (tertiary/aromatic N) is 1. The van der Waals surface area contributed by atoms with Crippen molar-refractivity contribution >= 4 is 11.6 Å². The number of piperidine rings is 1. The maximum Gasteiger partial charge on any atom is 0.228 e. The zero-order valence-electron chi connectivity index (χ0n) is 14.1. The van der Waals surface area contributed by atoms with Gasteiger partial charge in [0.25, 0.3) is 0 Å². The van der Waals surface area contributed by atoms with E-state index in [0.717, 1.165) is 38.2 Å². The van der Waals surface area contributed by atoms with Gasteiger partial charge in [0.1, 0.15) is 5.75 Å². The number of nitrogens with one attached hydrogen (secondary N) is 1. The number of rotatable bonds is 5. The first-order valence-electron chi connectivity index (χ1n) is 8.46. The van der Waals surface area contributed by atoms with Crippen LogP contribution in [0.1, 0.15) is 18.4 Å². The van der Waals surface area contributed by atoms with Gasteiger partial charge in [0.05, 0.1) is 18.7 Å². The topological polar surface area (TPSA) is 41.6 Å². The van der Waals surface area contributed by atoms with Crippen LogP contribution in [-0.2, 0) is 11.3 Å². The Morgan fingerprint density at radius 3 is 2.71 bits per heavy atom. The summed E-state index contributed by atoms with van der Waals surface area (Å²) in [5, 5.41) is 3.02. The normalized spacial score (nSPS) is 18.1. The fourth-order valence-electron chi connectivity index (χ4n) is 3.24. The largest absolute Gasteiger partial charge is 0.495 e. The molecule has 0 spiro atoms. The fraction of sp³-hybridized carbons (Fsp3) is 0.350. The lowest BCUT2D eigenvalue weighted by molar-refractivity contribution is -0.121. The molecule has 1 amide bonds. The van der Waals surface area contributed by atoms with Crippen molar-refractivity contribution < 1.29 is 9.53 Å². The summed E-state index contributed by atoms with van der Waals surface area (Å²) in [5.74, 6) is 0.799. The van der Waals surface area contributed by atoms with Gasteiger partial charge in [-0.1, -0.05) is 42.5 Å². The van der Waals surface area contributed by atoms with Gasteiger partial charge in [-0.3, -0.25) is 9.69 Å². The number of methoxy groups -OCH3 is 1. The molecule has 4 nitrogen and oxygen atoms in total. The molecule has 2 aromatic carbocycles. The molecule has 3 rings (SSSR count). The number of carbonyl (C=O) groups is 1. The number of carbonyl (C=O) groups excluding carboxylic acids is 1. The van der Waals surface area contributed by atoms with Gasteiger partial charge in [-0.25, -0.2) is 0 Å². The zero-order valence-corrected chi connectivity index (χ0v) is 14.1. The lowest BCUT2D eigenvalue weighted by atomic mass is 9.96. The summed E-state index contributed by atoms with van der Waals surface area (Å²) >= 11 is 0. The summed E-state index contributed by atoms with van der Waals surface area (Å²) in [7, 11) is 1.62. The molecule has 126 valence electrons. The van der Waals surface area contributed by atoms with Crippen molar-refractivity contribution in [3.63, 3.8) is 0 Å². The van der Waals surface area contributed by atoms with Crippen molar-refractivity contribution in [2.45, 2.75) is 19.4 Å². The van der Waals surface area contributed by atoms with Gasteiger partial charge in [0.2, 0.25) is 5.91 Å². The van der Waals surface area contributed by atoms with Crippen LogP contribution in [-0.4, -0.2) is 31.0 Å². The van der Waals surface area contributed by atoms with Crippen molar-refractivity contribution in [1.82, 2.24) is 4.90 Å². The zero-order chi connectivity index (χ0) is 16.8. The Hall–Kier alpha value is -2.33. The highest BCUT2D eigenvalue weighted by atomic mass is 16.5. The van der Waals surface area contributed by atoms with Crippen LogP contribution in [0.3, 0.4) is 0 Å². The van der Waals surface area contributed by atoms with Gasteiger partial charge in [-0.05, 0) is 37.1 Å². The van der Waals surface area contributed by atoms with E-state index in [1.807, 2.05) is 30.3 Å². The van der Waals surface area contributed by atoms with Gasteiger partial charge in [0, 0.05) is 13.1 Å².